The normalized spacial score (nSPS) is 31.1. The molecule has 0 radical (unpaired) electrons. The Balaban J connectivity index is 2.69. The summed E-state index contributed by atoms with van der Waals surface area (Å²) >= 11 is 0. The van der Waals surface area contributed by atoms with Crippen molar-refractivity contribution >= 4 is 0 Å². The van der Waals surface area contributed by atoms with Crippen molar-refractivity contribution in [2.75, 3.05) is 6.61 Å². The van der Waals surface area contributed by atoms with E-state index in [0.29, 0.717) is 0 Å². The number of nitrogens with one attached hydrogen (secondary N) is 1. The van der Waals surface area contributed by atoms with Gasteiger partial charge in [-0.3, -0.25) is 11.3 Å². The minimum Gasteiger partial charge on any atom is -0.374 e. The molecule has 0 aromatic rings. The monoisotopic (exact) mass is 240 g/mol. The van der Waals surface area contributed by atoms with Crippen molar-refractivity contribution in [1.29, 1.82) is 0 Å². The summed E-state index contributed by atoms with van der Waals surface area (Å²) in [5.74, 6) is 6.55. The first-order valence-electron chi connectivity index (χ1n) is 6.89. The van der Waals surface area contributed by atoms with Gasteiger partial charge in [-0.15, -0.1) is 6.58 Å². The fourth-order valence-corrected chi connectivity index (χ4v) is 2.91. The first-order valence-corrected chi connectivity index (χ1v) is 6.89. The highest BCUT2D eigenvalue weighted by Gasteiger charge is 2.41. The van der Waals surface area contributed by atoms with Crippen molar-refractivity contribution in [2.45, 2.75) is 64.0 Å². The largest absolute Gasteiger partial charge is 0.374 e. The summed E-state index contributed by atoms with van der Waals surface area (Å²) in [6.45, 7) is 8.94. The van der Waals surface area contributed by atoms with Gasteiger partial charge in [0.2, 0.25) is 0 Å². The number of rotatable bonds is 7. The molecule has 0 aliphatic heterocycles. The molecule has 0 bridgehead atoms. The SMILES string of the molecule is C=CCCC(NN)C1(OCC)CCC(C)CC1. The maximum atomic E-state index is 6.09. The molecule has 1 aliphatic carbocycles. The summed E-state index contributed by atoms with van der Waals surface area (Å²) in [5, 5.41) is 0. The highest BCUT2D eigenvalue weighted by molar-refractivity contribution is 4.96. The van der Waals surface area contributed by atoms with Gasteiger partial charge in [0.1, 0.15) is 0 Å². The van der Waals surface area contributed by atoms with Gasteiger partial charge in [0, 0.05) is 6.61 Å². The summed E-state index contributed by atoms with van der Waals surface area (Å²) < 4.78 is 6.09. The lowest BCUT2D eigenvalue weighted by Crippen LogP contribution is -2.56. The third-order valence-electron chi connectivity index (χ3n) is 4.05. The maximum Gasteiger partial charge on any atom is 0.0848 e. The van der Waals surface area contributed by atoms with Crippen molar-refractivity contribution < 1.29 is 4.74 Å². The molecule has 0 aromatic carbocycles. The molecular weight excluding hydrogens is 212 g/mol. The Morgan fingerprint density at radius 2 is 2.18 bits per heavy atom. The van der Waals surface area contributed by atoms with E-state index >= 15 is 0 Å². The summed E-state index contributed by atoms with van der Waals surface area (Å²) in [7, 11) is 0. The van der Waals surface area contributed by atoms with Crippen molar-refractivity contribution in [2.24, 2.45) is 11.8 Å². The van der Waals surface area contributed by atoms with Crippen LogP contribution in [0.4, 0.5) is 0 Å². The van der Waals surface area contributed by atoms with Crippen LogP contribution in [0.15, 0.2) is 12.7 Å². The number of nitrogens with two attached hydrogens (primary N) is 1. The number of hydrazine groups is 1. The zero-order valence-corrected chi connectivity index (χ0v) is 11.4. The van der Waals surface area contributed by atoms with E-state index in [-0.39, 0.29) is 11.6 Å². The summed E-state index contributed by atoms with van der Waals surface area (Å²) in [6, 6.07) is 0.243. The van der Waals surface area contributed by atoms with Crippen LogP contribution in [0.25, 0.3) is 0 Å². The summed E-state index contributed by atoms with van der Waals surface area (Å²) in [6.07, 6.45) is 8.67. The first-order chi connectivity index (χ1) is 8.18. The minimum absolute atomic E-state index is 0.0565. The van der Waals surface area contributed by atoms with E-state index in [1.54, 1.807) is 0 Å². The molecule has 3 heteroatoms. The molecule has 0 saturated heterocycles. The van der Waals surface area contributed by atoms with E-state index in [4.69, 9.17) is 10.6 Å². The zero-order valence-electron chi connectivity index (χ0n) is 11.4. The molecule has 1 rings (SSSR count). The Morgan fingerprint density at radius 3 is 2.65 bits per heavy atom. The molecule has 0 spiro atoms. The smallest absolute Gasteiger partial charge is 0.0848 e. The van der Waals surface area contributed by atoms with Gasteiger partial charge in [-0.2, -0.15) is 0 Å². The van der Waals surface area contributed by atoms with E-state index in [1.165, 1.54) is 12.8 Å². The van der Waals surface area contributed by atoms with Crippen LogP contribution in [-0.2, 0) is 4.74 Å². The lowest BCUT2D eigenvalue weighted by atomic mass is 9.74. The molecule has 100 valence electrons. The Bertz CT molecular complexity index is 222. The van der Waals surface area contributed by atoms with Crippen LogP contribution in [-0.4, -0.2) is 18.2 Å². The molecule has 1 fully saturated rings. The molecule has 1 saturated carbocycles. The minimum atomic E-state index is -0.0565. The average molecular weight is 240 g/mol. The fraction of sp³-hybridized carbons (Fsp3) is 0.857. The molecule has 17 heavy (non-hydrogen) atoms. The molecule has 0 amide bonds. The second-order valence-electron chi connectivity index (χ2n) is 5.27. The second-order valence-corrected chi connectivity index (χ2v) is 5.27. The van der Waals surface area contributed by atoms with E-state index in [0.717, 1.165) is 38.2 Å². The summed E-state index contributed by atoms with van der Waals surface area (Å²) in [5.41, 5.74) is 2.92. The molecule has 0 aromatic heterocycles. The van der Waals surface area contributed by atoms with E-state index in [9.17, 15) is 0 Å². The molecule has 3 N–H and O–H groups in total. The van der Waals surface area contributed by atoms with Crippen LogP contribution in [0, 0.1) is 5.92 Å². The molecular formula is C14H28N2O. The van der Waals surface area contributed by atoms with Crippen LogP contribution in [0.3, 0.4) is 0 Å². The third-order valence-corrected chi connectivity index (χ3v) is 4.05. The van der Waals surface area contributed by atoms with E-state index in [2.05, 4.69) is 25.9 Å². The van der Waals surface area contributed by atoms with E-state index in [1.807, 2.05) is 6.08 Å². The maximum absolute atomic E-state index is 6.09. The summed E-state index contributed by atoms with van der Waals surface area (Å²) in [4.78, 5) is 0. The van der Waals surface area contributed by atoms with Crippen LogP contribution in [0.5, 0.6) is 0 Å². The molecule has 1 atom stereocenters. The van der Waals surface area contributed by atoms with E-state index < -0.39 is 0 Å². The van der Waals surface area contributed by atoms with Crippen LogP contribution >= 0.6 is 0 Å². The standard InChI is InChI=1S/C14H28N2O/c1-4-6-7-13(16-15)14(17-5-2)10-8-12(3)9-11-14/h4,12-13,16H,1,5-11,15H2,2-3H3. The van der Waals surface area contributed by atoms with Gasteiger partial charge in [-0.05, 0) is 51.4 Å². The quantitative estimate of drug-likeness (QED) is 0.409. The van der Waals surface area contributed by atoms with Crippen molar-refractivity contribution in [3.8, 4) is 0 Å². The van der Waals surface area contributed by atoms with Gasteiger partial charge >= 0.3 is 0 Å². The predicted octanol–water partition coefficient (Wildman–Crippen LogP) is 2.77. The van der Waals surface area contributed by atoms with Gasteiger partial charge in [0.15, 0.2) is 0 Å². The Hall–Kier alpha value is -0.380. The van der Waals surface area contributed by atoms with Crippen LogP contribution < -0.4 is 11.3 Å². The lowest BCUT2D eigenvalue weighted by Gasteiger charge is -2.44. The fourth-order valence-electron chi connectivity index (χ4n) is 2.91. The van der Waals surface area contributed by atoms with Gasteiger partial charge in [0.25, 0.3) is 0 Å². The van der Waals surface area contributed by atoms with Crippen molar-refractivity contribution in [1.82, 2.24) is 5.43 Å². The number of hydrogen-bond donors (Lipinski definition) is 2. The predicted molar refractivity (Wildman–Crippen MR) is 72.5 cm³/mol. The number of ether oxygens (including phenoxy) is 1. The first kappa shape index (κ1) is 14.7. The Kier molecular flexibility index (Phi) is 6.17. The molecule has 1 aliphatic rings. The second kappa shape index (κ2) is 7.14. The molecule has 1 unspecified atom stereocenters. The Labute approximate surface area is 106 Å². The highest BCUT2D eigenvalue weighted by atomic mass is 16.5. The van der Waals surface area contributed by atoms with Crippen molar-refractivity contribution in [3.63, 3.8) is 0 Å². The van der Waals surface area contributed by atoms with Gasteiger partial charge in [-0.1, -0.05) is 13.0 Å². The lowest BCUT2D eigenvalue weighted by molar-refractivity contribution is -0.0976. The topological polar surface area (TPSA) is 47.3 Å². The average Bonchev–Trinajstić information content (AvgIpc) is 2.34. The number of hydrogen-bond acceptors (Lipinski definition) is 3. The molecule has 3 nitrogen and oxygen atoms in total. The third kappa shape index (κ3) is 3.80. The van der Waals surface area contributed by atoms with Crippen LogP contribution in [0.2, 0.25) is 0 Å². The van der Waals surface area contributed by atoms with Crippen LogP contribution in [0.1, 0.15) is 52.4 Å². The highest BCUT2D eigenvalue weighted by Crippen LogP contribution is 2.38. The number of allylic oxidation sites excluding steroid dienone is 1. The van der Waals surface area contributed by atoms with Gasteiger partial charge in [-0.25, -0.2) is 0 Å². The Morgan fingerprint density at radius 1 is 1.53 bits per heavy atom. The van der Waals surface area contributed by atoms with Gasteiger partial charge in [0.05, 0.1) is 11.6 Å². The molecule has 0 heterocycles. The van der Waals surface area contributed by atoms with Crippen molar-refractivity contribution in [3.05, 3.63) is 12.7 Å². The zero-order chi connectivity index (χ0) is 12.7. The van der Waals surface area contributed by atoms with Gasteiger partial charge < -0.3 is 4.74 Å².